The molecule has 0 fully saturated rings. The Kier molecular flexibility index (Phi) is 3.53. The second kappa shape index (κ2) is 5.86. The fourth-order valence-corrected chi connectivity index (χ4v) is 2.71. The first-order chi connectivity index (χ1) is 12.1. The van der Waals surface area contributed by atoms with E-state index in [0.29, 0.717) is 41.2 Å². The topological polar surface area (TPSA) is 104 Å². The Hall–Kier alpha value is -3.48. The molecule has 3 N–H and O–H groups in total. The van der Waals surface area contributed by atoms with Crippen LogP contribution >= 0.6 is 0 Å². The molecule has 2 heterocycles. The van der Waals surface area contributed by atoms with Crippen molar-refractivity contribution in [3.8, 4) is 11.5 Å². The molecular weight excluding hydrogens is 324 g/mol. The van der Waals surface area contributed by atoms with Crippen molar-refractivity contribution in [2.24, 2.45) is 5.73 Å². The van der Waals surface area contributed by atoms with Gasteiger partial charge in [0.1, 0.15) is 24.5 Å². The molecule has 1 aliphatic rings. The van der Waals surface area contributed by atoms with E-state index in [4.69, 9.17) is 19.6 Å². The van der Waals surface area contributed by atoms with Crippen LogP contribution in [0.5, 0.6) is 11.5 Å². The average Bonchev–Trinajstić information content (AvgIpc) is 3.00. The molecule has 2 aromatic carbocycles. The maximum atomic E-state index is 12.6. The molecule has 7 heteroatoms. The summed E-state index contributed by atoms with van der Waals surface area (Å²) in [5.41, 5.74) is 6.45. The van der Waals surface area contributed by atoms with Gasteiger partial charge in [-0.05, 0) is 30.3 Å². The van der Waals surface area contributed by atoms with Gasteiger partial charge in [0.15, 0.2) is 11.5 Å². The van der Waals surface area contributed by atoms with Crippen molar-refractivity contribution in [1.82, 2.24) is 0 Å². The molecule has 0 spiro atoms. The predicted octanol–water partition coefficient (Wildman–Crippen LogP) is 2.56. The van der Waals surface area contributed by atoms with Crippen LogP contribution in [0.4, 0.5) is 5.69 Å². The minimum Gasteiger partial charge on any atom is -0.486 e. The van der Waals surface area contributed by atoms with Gasteiger partial charge in [0.25, 0.3) is 11.8 Å². The van der Waals surface area contributed by atoms with Crippen molar-refractivity contribution in [2.75, 3.05) is 18.5 Å². The van der Waals surface area contributed by atoms with E-state index in [0.717, 1.165) is 0 Å². The Balaban J connectivity index is 1.70. The molecule has 0 atom stereocenters. The molecule has 0 aliphatic carbocycles. The number of para-hydroxylation sites is 1. The molecule has 1 aliphatic heterocycles. The predicted molar refractivity (Wildman–Crippen MR) is 90.1 cm³/mol. The Morgan fingerprint density at radius 2 is 1.76 bits per heavy atom. The highest BCUT2D eigenvalue weighted by atomic mass is 16.6. The van der Waals surface area contributed by atoms with Crippen LogP contribution in [-0.2, 0) is 0 Å². The number of hydrogen-bond acceptors (Lipinski definition) is 5. The number of primary amides is 1. The number of furan rings is 1. The van der Waals surface area contributed by atoms with E-state index in [2.05, 4.69) is 5.32 Å². The van der Waals surface area contributed by atoms with E-state index in [1.165, 1.54) is 0 Å². The summed E-state index contributed by atoms with van der Waals surface area (Å²) in [6.07, 6.45) is 0. The van der Waals surface area contributed by atoms with Gasteiger partial charge in [-0.2, -0.15) is 0 Å². The standard InChI is InChI=1S/C18H14N2O5/c19-17(21)16-15(11-3-1-2-4-12(11)25-16)20-18(22)10-5-6-13-14(9-10)24-8-7-23-13/h1-6,9H,7-8H2,(H2,19,21)(H,20,22). The van der Waals surface area contributed by atoms with E-state index in [1.807, 2.05) is 0 Å². The van der Waals surface area contributed by atoms with Crippen LogP contribution in [0.2, 0.25) is 0 Å². The van der Waals surface area contributed by atoms with Crippen LogP contribution in [0, 0.1) is 0 Å². The summed E-state index contributed by atoms with van der Waals surface area (Å²) in [6, 6.07) is 11.9. The van der Waals surface area contributed by atoms with E-state index < -0.39 is 11.8 Å². The Labute approximate surface area is 142 Å². The number of carbonyl (C=O) groups is 2. The van der Waals surface area contributed by atoms with Crippen LogP contribution < -0.4 is 20.5 Å². The lowest BCUT2D eigenvalue weighted by atomic mass is 10.1. The van der Waals surface area contributed by atoms with Crippen LogP contribution in [0.1, 0.15) is 20.9 Å². The van der Waals surface area contributed by atoms with Gasteiger partial charge in [0.2, 0.25) is 5.76 Å². The van der Waals surface area contributed by atoms with E-state index in [1.54, 1.807) is 42.5 Å². The first kappa shape index (κ1) is 15.1. The van der Waals surface area contributed by atoms with Crippen LogP contribution in [0.15, 0.2) is 46.9 Å². The lowest BCUT2D eigenvalue weighted by Crippen LogP contribution is -2.18. The minimum atomic E-state index is -0.756. The first-order valence-electron chi connectivity index (χ1n) is 7.66. The summed E-state index contributed by atoms with van der Waals surface area (Å²) in [6.45, 7) is 0.901. The number of ether oxygens (including phenoxy) is 2. The lowest BCUT2D eigenvalue weighted by Gasteiger charge is -2.18. The smallest absolute Gasteiger partial charge is 0.286 e. The van der Waals surface area contributed by atoms with Crippen molar-refractivity contribution in [3.63, 3.8) is 0 Å². The van der Waals surface area contributed by atoms with E-state index in [-0.39, 0.29) is 11.4 Å². The normalized spacial score (nSPS) is 12.8. The Morgan fingerprint density at radius 3 is 2.56 bits per heavy atom. The van der Waals surface area contributed by atoms with Crippen molar-refractivity contribution < 1.29 is 23.5 Å². The van der Waals surface area contributed by atoms with Crippen molar-refractivity contribution in [2.45, 2.75) is 0 Å². The number of fused-ring (bicyclic) bond motifs is 2. The van der Waals surface area contributed by atoms with Gasteiger partial charge in [-0.1, -0.05) is 12.1 Å². The molecule has 0 saturated carbocycles. The van der Waals surface area contributed by atoms with Crippen molar-refractivity contribution >= 4 is 28.5 Å². The summed E-state index contributed by atoms with van der Waals surface area (Å²) in [4.78, 5) is 24.3. The van der Waals surface area contributed by atoms with Crippen molar-refractivity contribution in [1.29, 1.82) is 0 Å². The number of carbonyl (C=O) groups excluding carboxylic acids is 2. The van der Waals surface area contributed by atoms with E-state index in [9.17, 15) is 9.59 Å². The van der Waals surface area contributed by atoms with Gasteiger partial charge in [0, 0.05) is 10.9 Å². The van der Waals surface area contributed by atoms with Gasteiger partial charge in [-0.15, -0.1) is 0 Å². The molecule has 0 radical (unpaired) electrons. The van der Waals surface area contributed by atoms with Crippen LogP contribution in [0.3, 0.4) is 0 Å². The summed E-state index contributed by atoms with van der Waals surface area (Å²) < 4.78 is 16.4. The number of amides is 2. The van der Waals surface area contributed by atoms with Crippen LogP contribution in [-0.4, -0.2) is 25.0 Å². The zero-order valence-corrected chi connectivity index (χ0v) is 13.1. The maximum Gasteiger partial charge on any atom is 0.286 e. The lowest BCUT2D eigenvalue weighted by molar-refractivity contribution is 0.0977. The number of nitrogens with two attached hydrogens (primary N) is 1. The molecule has 0 bridgehead atoms. The Morgan fingerprint density at radius 1 is 1.00 bits per heavy atom. The summed E-state index contributed by atoms with van der Waals surface area (Å²) in [5.74, 6) is -0.160. The third kappa shape index (κ3) is 2.65. The average molecular weight is 338 g/mol. The fourth-order valence-electron chi connectivity index (χ4n) is 2.71. The first-order valence-corrected chi connectivity index (χ1v) is 7.66. The molecule has 126 valence electrons. The van der Waals surface area contributed by atoms with Gasteiger partial charge < -0.3 is 24.9 Å². The molecule has 3 aromatic rings. The second-order valence-corrected chi connectivity index (χ2v) is 5.48. The monoisotopic (exact) mass is 338 g/mol. The molecule has 0 saturated heterocycles. The third-order valence-electron chi connectivity index (χ3n) is 3.86. The maximum absolute atomic E-state index is 12.6. The second-order valence-electron chi connectivity index (χ2n) is 5.48. The number of anilines is 1. The molecular formula is C18H14N2O5. The largest absolute Gasteiger partial charge is 0.486 e. The number of nitrogens with one attached hydrogen (secondary N) is 1. The van der Waals surface area contributed by atoms with Gasteiger partial charge in [-0.3, -0.25) is 9.59 Å². The summed E-state index contributed by atoms with van der Waals surface area (Å²) in [5, 5.41) is 3.31. The fraction of sp³-hybridized carbons (Fsp3) is 0.111. The SMILES string of the molecule is NC(=O)c1oc2ccccc2c1NC(=O)c1ccc2c(c1)OCCO2. The zero-order chi connectivity index (χ0) is 17.4. The van der Waals surface area contributed by atoms with Gasteiger partial charge in [-0.25, -0.2) is 0 Å². The molecule has 7 nitrogen and oxygen atoms in total. The molecule has 0 unspecified atom stereocenters. The third-order valence-corrected chi connectivity index (χ3v) is 3.86. The highest BCUT2D eigenvalue weighted by molar-refractivity contribution is 6.14. The molecule has 2 amide bonds. The minimum absolute atomic E-state index is 0.0907. The van der Waals surface area contributed by atoms with E-state index >= 15 is 0 Å². The quantitative estimate of drug-likeness (QED) is 0.764. The zero-order valence-electron chi connectivity index (χ0n) is 13.1. The number of hydrogen-bond donors (Lipinski definition) is 2. The highest BCUT2D eigenvalue weighted by Crippen LogP contribution is 2.33. The molecule has 1 aromatic heterocycles. The Bertz CT molecular complexity index is 992. The van der Waals surface area contributed by atoms with Crippen molar-refractivity contribution in [3.05, 3.63) is 53.8 Å². The molecule has 4 rings (SSSR count). The number of rotatable bonds is 3. The highest BCUT2D eigenvalue weighted by Gasteiger charge is 2.22. The van der Waals surface area contributed by atoms with Gasteiger partial charge in [0.05, 0.1) is 0 Å². The summed E-state index contributed by atoms with van der Waals surface area (Å²) in [7, 11) is 0. The number of benzene rings is 2. The van der Waals surface area contributed by atoms with Gasteiger partial charge >= 0.3 is 0 Å². The molecule has 25 heavy (non-hydrogen) atoms. The summed E-state index contributed by atoms with van der Waals surface area (Å²) >= 11 is 0. The van der Waals surface area contributed by atoms with Crippen LogP contribution in [0.25, 0.3) is 11.0 Å².